The van der Waals surface area contributed by atoms with E-state index in [1.54, 1.807) is 24.3 Å². The van der Waals surface area contributed by atoms with E-state index in [1.807, 2.05) is 0 Å². The van der Waals surface area contributed by atoms with Crippen molar-refractivity contribution in [3.05, 3.63) is 65.2 Å². The van der Waals surface area contributed by atoms with Gasteiger partial charge in [-0.1, -0.05) is 31.2 Å². The van der Waals surface area contributed by atoms with Gasteiger partial charge in [0.1, 0.15) is 12.4 Å². The maximum Gasteiger partial charge on any atom is 0.251 e. The number of amides is 1. The minimum absolute atomic E-state index is 0.188. The number of nitrogens with zero attached hydrogens (tertiary/aromatic N) is 1. The van der Waals surface area contributed by atoms with Gasteiger partial charge in [0.25, 0.3) is 5.91 Å². The Balaban J connectivity index is 1.39. The first-order chi connectivity index (χ1) is 14.2. The highest BCUT2D eigenvalue weighted by atomic mass is 16.5. The zero-order valence-corrected chi connectivity index (χ0v) is 17.1. The Kier molecular flexibility index (Phi) is 8.04. The second kappa shape index (κ2) is 11.0. The molecule has 1 atom stereocenters. The van der Waals surface area contributed by atoms with Gasteiger partial charge in [-0.15, -0.1) is 0 Å². The number of nitrogens with one attached hydrogen (secondary N) is 2. The third-order valence-electron chi connectivity index (χ3n) is 5.09. The molecule has 29 heavy (non-hydrogen) atoms. The molecular weight excluding hydrogens is 366 g/mol. The molecule has 0 saturated carbocycles. The van der Waals surface area contributed by atoms with Crippen molar-refractivity contribution < 1.29 is 14.6 Å². The summed E-state index contributed by atoms with van der Waals surface area (Å²) in [6.45, 7) is 6.90. The molecule has 0 aromatic heterocycles. The molecule has 1 heterocycles. The van der Waals surface area contributed by atoms with Crippen LogP contribution in [0.4, 0.5) is 0 Å². The Bertz CT molecular complexity index is 779. The van der Waals surface area contributed by atoms with E-state index in [9.17, 15) is 9.90 Å². The minimum Gasteiger partial charge on any atom is -0.492 e. The molecule has 0 spiro atoms. The van der Waals surface area contributed by atoms with Crippen LogP contribution in [0.2, 0.25) is 0 Å². The van der Waals surface area contributed by atoms with Crippen molar-refractivity contribution in [2.45, 2.75) is 26.0 Å². The summed E-state index contributed by atoms with van der Waals surface area (Å²) in [6.07, 6.45) is 0.399. The lowest BCUT2D eigenvalue weighted by atomic mass is 10.00. The SMILES string of the molecule is CCNCCOc1ccc(C(=O)NCC(O)CN2CCc3ccccc3C2)cc1. The molecule has 0 saturated heterocycles. The summed E-state index contributed by atoms with van der Waals surface area (Å²) in [5.74, 6) is 0.553. The number of β-amino-alcohol motifs (C(OH)–C–C–N with tert-alkyl or cyclic N) is 1. The fraction of sp³-hybridized carbons (Fsp3) is 0.435. The van der Waals surface area contributed by atoms with Gasteiger partial charge in [0.05, 0.1) is 6.10 Å². The fourth-order valence-corrected chi connectivity index (χ4v) is 3.51. The molecule has 2 aromatic carbocycles. The molecule has 1 aliphatic heterocycles. The molecule has 0 radical (unpaired) electrons. The van der Waals surface area contributed by atoms with E-state index >= 15 is 0 Å². The molecule has 6 nitrogen and oxygen atoms in total. The molecule has 6 heteroatoms. The first-order valence-electron chi connectivity index (χ1n) is 10.3. The molecular formula is C23H31N3O3. The van der Waals surface area contributed by atoms with Crippen molar-refractivity contribution in [3.8, 4) is 5.75 Å². The van der Waals surface area contributed by atoms with Crippen molar-refractivity contribution in [1.29, 1.82) is 0 Å². The lowest BCUT2D eigenvalue weighted by Crippen LogP contribution is -2.42. The Labute approximate surface area is 172 Å². The van der Waals surface area contributed by atoms with Crippen LogP contribution in [0.1, 0.15) is 28.4 Å². The Hall–Kier alpha value is -2.41. The van der Waals surface area contributed by atoms with Crippen LogP contribution in [0.25, 0.3) is 0 Å². The highest BCUT2D eigenvalue weighted by Crippen LogP contribution is 2.18. The summed E-state index contributed by atoms with van der Waals surface area (Å²) in [6, 6.07) is 15.5. The van der Waals surface area contributed by atoms with Crippen LogP contribution in [0.3, 0.4) is 0 Å². The van der Waals surface area contributed by atoms with Crippen molar-refractivity contribution in [1.82, 2.24) is 15.5 Å². The normalized spacial score (nSPS) is 14.8. The summed E-state index contributed by atoms with van der Waals surface area (Å²) in [5.41, 5.74) is 3.27. The van der Waals surface area contributed by atoms with Gasteiger partial charge in [-0.05, 0) is 48.4 Å². The lowest BCUT2D eigenvalue weighted by molar-refractivity contribution is 0.0842. The van der Waals surface area contributed by atoms with Crippen molar-refractivity contribution >= 4 is 5.91 Å². The van der Waals surface area contributed by atoms with E-state index in [1.165, 1.54) is 11.1 Å². The highest BCUT2D eigenvalue weighted by molar-refractivity contribution is 5.94. The fourth-order valence-electron chi connectivity index (χ4n) is 3.51. The number of likely N-dealkylation sites (N-methyl/N-ethyl adjacent to an activating group) is 1. The summed E-state index contributed by atoms with van der Waals surface area (Å²) in [7, 11) is 0. The molecule has 1 aliphatic rings. The first-order valence-corrected chi connectivity index (χ1v) is 10.3. The van der Waals surface area contributed by atoms with E-state index in [0.717, 1.165) is 38.3 Å². The number of rotatable bonds is 10. The number of carbonyl (C=O) groups excluding carboxylic acids is 1. The number of carbonyl (C=O) groups is 1. The van der Waals surface area contributed by atoms with Crippen LogP contribution < -0.4 is 15.4 Å². The standard InChI is InChI=1S/C23H31N3O3/c1-2-24-12-14-29-22-9-7-19(8-10-22)23(28)25-15-21(27)17-26-13-11-18-5-3-4-6-20(18)16-26/h3-10,21,24,27H,2,11-17H2,1H3,(H,25,28). The summed E-state index contributed by atoms with van der Waals surface area (Å²) in [5, 5.41) is 16.4. The Morgan fingerprint density at radius 2 is 1.93 bits per heavy atom. The average Bonchev–Trinajstić information content (AvgIpc) is 2.75. The first kappa shape index (κ1) is 21.3. The highest BCUT2D eigenvalue weighted by Gasteiger charge is 2.19. The van der Waals surface area contributed by atoms with Crippen molar-refractivity contribution in [2.24, 2.45) is 0 Å². The molecule has 0 aliphatic carbocycles. The van der Waals surface area contributed by atoms with E-state index in [0.29, 0.717) is 18.7 Å². The van der Waals surface area contributed by atoms with Gasteiger partial charge in [0.2, 0.25) is 0 Å². The van der Waals surface area contributed by atoms with Crippen LogP contribution in [-0.2, 0) is 13.0 Å². The summed E-state index contributed by atoms with van der Waals surface area (Å²) < 4.78 is 5.61. The molecule has 0 fully saturated rings. The lowest BCUT2D eigenvalue weighted by Gasteiger charge is -2.30. The smallest absolute Gasteiger partial charge is 0.251 e. The van der Waals surface area contributed by atoms with Gasteiger partial charge in [-0.25, -0.2) is 0 Å². The molecule has 3 N–H and O–H groups in total. The van der Waals surface area contributed by atoms with E-state index < -0.39 is 6.10 Å². The molecule has 1 unspecified atom stereocenters. The molecule has 156 valence electrons. The average molecular weight is 398 g/mol. The van der Waals surface area contributed by atoms with Gasteiger partial charge < -0.3 is 20.5 Å². The van der Waals surface area contributed by atoms with Gasteiger partial charge >= 0.3 is 0 Å². The van der Waals surface area contributed by atoms with Crippen molar-refractivity contribution in [3.63, 3.8) is 0 Å². The summed E-state index contributed by atoms with van der Waals surface area (Å²) >= 11 is 0. The van der Waals surface area contributed by atoms with Gasteiger partial charge in [-0.3, -0.25) is 9.69 Å². The van der Waals surface area contributed by atoms with Gasteiger partial charge in [-0.2, -0.15) is 0 Å². The monoisotopic (exact) mass is 397 g/mol. The van der Waals surface area contributed by atoms with Crippen LogP contribution in [0.15, 0.2) is 48.5 Å². The number of hydrogen-bond acceptors (Lipinski definition) is 5. The maximum absolute atomic E-state index is 12.3. The second-order valence-electron chi connectivity index (χ2n) is 7.34. The number of aliphatic hydroxyl groups is 1. The number of ether oxygens (including phenoxy) is 1. The van der Waals surface area contributed by atoms with E-state index in [-0.39, 0.29) is 12.5 Å². The topological polar surface area (TPSA) is 73.8 Å². The number of benzene rings is 2. The second-order valence-corrected chi connectivity index (χ2v) is 7.34. The third kappa shape index (κ3) is 6.56. The van der Waals surface area contributed by atoms with E-state index in [2.05, 4.69) is 46.7 Å². The number of hydrogen-bond donors (Lipinski definition) is 3. The van der Waals surface area contributed by atoms with Gasteiger partial charge in [0.15, 0.2) is 0 Å². The maximum atomic E-state index is 12.3. The Morgan fingerprint density at radius 3 is 2.69 bits per heavy atom. The zero-order chi connectivity index (χ0) is 20.5. The van der Waals surface area contributed by atoms with Crippen molar-refractivity contribution in [2.75, 3.05) is 39.3 Å². The predicted molar refractivity (Wildman–Crippen MR) is 114 cm³/mol. The predicted octanol–water partition coefficient (Wildman–Crippen LogP) is 1.82. The molecule has 3 rings (SSSR count). The van der Waals surface area contributed by atoms with Crippen LogP contribution >= 0.6 is 0 Å². The molecule has 1 amide bonds. The van der Waals surface area contributed by atoms with Crippen LogP contribution in [0, 0.1) is 0 Å². The minimum atomic E-state index is -0.599. The third-order valence-corrected chi connectivity index (χ3v) is 5.09. The Morgan fingerprint density at radius 1 is 1.17 bits per heavy atom. The largest absolute Gasteiger partial charge is 0.492 e. The number of fused-ring (bicyclic) bond motifs is 1. The molecule has 2 aromatic rings. The van der Waals surface area contributed by atoms with Crippen LogP contribution in [0.5, 0.6) is 5.75 Å². The number of aliphatic hydroxyl groups excluding tert-OH is 1. The van der Waals surface area contributed by atoms with E-state index in [4.69, 9.17) is 4.74 Å². The molecule has 0 bridgehead atoms. The van der Waals surface area contributed by atoms with Gasteiger partial charge in [0, 0.05) is 38.3 Å². The zero-order valence-electron chi connectivity index (χ0n) is 17.1. The summed E-state index contributed by atoms with van der Waals surface area (Å²) in [4.78, 5) is 14.6. The van der Waals surface area contributed by atoms with Crippen LogP contribution in [-0.4, -0.2) is 61.3 Å². The quantitative estimate of drug-likeness (QED) is 0.534.